The number of aliphatic hydroxyl groups is 1. The van der Waals surface area contributed by atoms with Gasteiger partial charge in [-0.05, 0) is 35.1 Å². The predicted molar refractivity (Wildman–Crippen MR) is 106 cm³/mol. The van der Waals surface area contributed by atoms with E-state index in [-0.39, 0.29) is 18.2 Å². The molecule has 0 spiro atoms. The quantitative estimate of drug-likeness (QED) is 0.703. The van der Waals surface area contributed by atoms with Gasteiger partial charge in [-0.2, -0.15) is 0 Å². The Hall–Kier alpha value is -2.40. The highest BCUT2D eigenvalue weighted by Crippen LogP contribution is 2.22. The number of aliphatic hydroxyl groups excluding tert-OH is 1. The van der Waals surface area contributed by atoms with Crippen molar-refractivity contribution in [3.63, 3.8) is 0 Å². The van der Waals surface area contributed by atoms with Gasteiger partial charge in [-0.25, -0.2) is 0 Å². The van der Waals surface area contributed by atoms with Gasteiger partial charge in [0.2, 0.25) is 11.8 Å². The molecule has 0 saturated heterocycles. The zero-order valence-corrected chi connectivity index (χ0v) is 15.6. The Morgan fingerprint density at radius 1 is 1.04 bits per heavy atom. The van der Waals surface area contributed by atoms with Gasteiger partial charge in [0, 0.05) is 6.54 Å². The fourth-order valence-electron chi connectivity index (χ4n) is 3.73. The molecule has 0 bridgehead atoms. The number of hydrogen-bond acceptors (Lipinski definition) is 3. The Morgan fingerprint density at radius 3 is 2.52 bits per heavy atom. The summed E-state index contributed by atoms with van der Waals surface area (Å²) >= 11 is 0. The molecule has 2 aromatic carbocycles. The molecule has 1 saturated carbocycles. The molecular formula is C22H28N2O3. The molecule has 5 nitrogen and oxygen atoms in total. The van der Waals surface area contributed by atoms with Crippen molar-refractivity contribution in [2.24, 2.45) is 5.92 Å². The second-order valence-electron chi connectivity index (χ2n) is 7.41. The van der Waals surface area contributed by atoms with Crippen molar-refractivity contribution < 1.29 is 14.7 Å². The molecule has 0 heterocycles. The molecule has 27 heavy (non-hydrogen) atoms. The first-order valence-corrected chi connectivity index (χ1v) is 9.81. The first-order valence-electron chi connectivity index (χ1n) is 9.81. The van der Waals surface area contributed by atoms with Gasteiger partial charge >= 0.3 is 0 Å². The molecule has 3 N–H and O–H groups in total. The van der Waals surface area contributed by atoms with Gasteiger partial charge in [-0.15, -0.1) is 0 Å². The molecule has 1 aliphatic rings. The van der Waals surface area contributed by atoms with Gasteiger partial charge in [0.05, 0.1) is 13.0 Å². The Kier molecular flexibility index (Phi) is 6.82. The van der Waals surface area contributed by atoms with Crippen LogP contribution in [0.2, 0.25) is 0 Å². The van der Waals surface area contributed by atoms with Crippen molar-refractivity contribution in [1.29, 1.82) is 0 Å². The van der Waals surface area contributed by atoms with Crippen LogP contribution < -0.4 is 10.6 Å². The molecule has 1 fully saturated rings. The first kappa shape index (κ1) is 19.4. The van der Waals surface area contributed by atoms with Gasteiger partial charge in [0.1, 0.15) is 6.04 Å². The largest absolute Gasteiger partial charge is 0.394 e. The fourth-order valence-corrected chi connectivity index (χ4v) is 3.73. The molecule has 0 aromatic heterocycles. The van der Waals surface area contributed by atoms with E-state index >= 15 is 0 Å². The molecular weight excluding hydrogens is 340 g/mol. The maximum absolute atomic E-state index is 12.3. The lowest BCUT2D eigenvalue weighted by atomic mass is 9.89. The summed E-state index contributed by atoms with van der Waals surface area (Å²) in [4.78, 5) is 24.6. The second kappa shape index (κ2) is 9.51. The Morgan fingerprint density at radius 2 is 1.78 bits per heavy atom. The van der Waals surface area contributed by atoms with Crippen LogP contribution in [0.3, 0.4) is 0 Å². The summed E-state index contributed by atoms with van der Waals surface area (Å²) in [7, 11) is 0. The summed E-state index contributed by atoms with van der Waals surface area (Å²) in [5.41, 5.74) is 0.880. The third kappa shape index (κ3) is 5.54. The van der Waals surface area contributed by atoms with Crippen molar-refractivity contribution in [3.05, 3.63) is 48.0 Å². The molecule has 5 heteroatoms. The molecule has 3 rings (SSSR count). The van der Waals surface area contributed by atoms with Gasteiger partial charge in [0.15, 0.2) is 0 Å². The summed E-state index contributed by atoms with van der Waals surface area (Å²) < 4.78 is 0. The number of fused-ring (bicyclic) bond motifs is 1. The second-order valence-corrected chi connectivity index (χ2v) is 7.41. The monoisotopic (exact) mass is 368 g/mol. The third-order valence-electron chi connectivity index (χ3n) is 5.30. The van der Waals surface area contributed by atoms with Crippen LogP contribution in [-0.4, -0.2) is 36.1 Å². The van der Waals surface area contributed by atoms with Crippen LogP contribution in [0.1, 0.15) is 37.7 Å². The minimum Gasteiger partial charge on any atom is -0.394 e. The lowest BCUT2D eigenvalue weighted by molar-refractivity contribution is -0.129. The van der Waals surface area contributed by atoms with E-state index in [0.29, 0.717) is 12.5 Å². The molecule has 2 aromatic rings. The van der Waals surface area contributed by atoms with E-state index in [1.807, 2.05) is 42.5 Å². The molecule has 0 unspecified atom stereocenters. The highest BCUT2D eigenvalue weighted by molar-refractivity contribution is 5.89. The summed E-state index contributed by atoms with van der Waals surface area (Å²) in [5, 5.41) is 17.2. The molecule has 1 aliphatic carbocycles. The minimum atomic E-state index is -0.901. The number of hydrogen-bond donors (Lipinski definition) is 3. The van der Waals surface area contributed by atoms with Gasteiger partial charge in [-0.3, -0.25) is 9.59 Å². The highest BCUT2D eigenvalue weighted by Gasteiger charge is 2.21. The third-order valence-corrected chi connectivity index (χ3v) is 5.30. The number of nitrogens with one attached hydrogen (secondary N) is 2. The molecule has 0 aliphatic heterocycles. The Balaban J connectivity index is 1.51. The molecule has 144 valence electrons. The van der Waals surface area contributed by atoms with Gasteiger partial charge in [0.25, 0.3) is 0 Å². The van der Waals surface area contributed by atoms with Crippen LogP contribution in [-0.2, 0) is 16.0 Å². The number of benzene rings is 2. The van der Waals surface area contributed by atoms with Crippen molar-refractivity contribution in [1.82, 2.24) is 10.6 Å². The van der Waals surface area contributed by atoms with Crippen LogP contribution in [0.25, 0.3) is 10.8 Å². The number of amides is 2. The van der Waals surface area contributed by atoms with Crippen molar-refractivity contribution >= 4 is 22.6 Å². The lowest BCUT2D eigenvalue weighted by Gasteiger charge is -2.23. The van der Waals surface area contributed by atoms with Crippen LogP contribution in [0, 0.1) is 5.92 Å². The molecule has 1 atom stereocenters. The summed E-state index contributed by atoms with van der Waals surface area (Å²) in [5.74, 6) is -0.0672. The SMILES string of the molecule is O=C(Cc1ccc2ccccc2c1)N[C@@H](CO)C(=O)NCC1CCCCC1. The zero-order valence-electron chi connectivity index (χ0n) is 15.6. The maximum Gasteiger partial charge on any atom is 0.244 e. The van der Waals surface area contributed by atoms with Crippen molar-refractivity contribution in [2.75, 3.05) is 13.2 Å². The predicted octanol–water partition coefficient (Wildman–Crippen LogP) is 2.56. The van der Waals surface area contributed by atoms with E-state index in [0.717, 1.165) is 29.2 Å². The average molecular weight is 368 g/mol. The minimum absolute atomic E-state index is 0.178. The molecule has 2 amide bonds. The van der Waals surface area contributed by atoms with Crippen molar-refractivity contribution in [3.8, 4) is 0 Å². The molecule has 0 radical (unpaired) electrons. The highest BCUT2D eigenvalue weighted by atomic mass is 16.3. The van der Waals surface area contributed by atoms with E-state index in [1.54, 1.807) is 0 Å². The van der Waals surface area contributed by atoms with Crippen molar-refractivity contribution in [2.45, 2.75) is 44.6 Å². The summed E-state index contributed by atoms with van der Waals surface area (Å²) in [6.07, 6.45) is 6.15. The lowest BCUT2D eigenvalue weighted by Crippen LogP contribution is -2.50. The fraction of sp³-hybridized carbons (Fsp3) is 0.455. The van der Waals surface area contributed by atoms with E-state index in [1.165, 1.54) is 19.3 Å². The van der Waals surface area contributed by atoms with E-state index in [2.05, 4.69) is 10.6 Å². The first-order chi connectivity index (χ1) is 13.2. The number of carbonyl (C=O) groups is 2. The van der Waals surface area contributed by atoms with E-state index in [4.69, 9.17) is 0 Å². The van der Waals surface area contributed by atoms with E-state index in [9.17, 15) is 14.7 Å². The van der Waals surface area contributed by atoms with Gasteiger partial charge < -0.3 is 15.7 Å². The van der Waals surface area contributed by atoms with Crippen LogP contribution in [0.15, 0.2) is 42.5 Å². The van der Waals surface area contributed by atoms with E-state index < -0.39 is 12.6 Å². The average Bonchev–Trinajstić information content (AvgIpc) is 2.71. The number of rotatable bonds is 7. The standard InChI is InChI=1S/C22H28N2O3/c25-15-20(22(27)23-14-16-6-2-1-3-7-16)24-21(26)13-17-10-11-18-8-4-5-9-19(18)12-17/h4-5,8-12,16,20,25H,1-3,6-7,13-15H2,(H,23,27)(H,24,26)/t20-/m0/s1. The Bertz CT molecular complexity index is 784. The smallest absolute Gasteiger partial charge is 0.244 e. The van der Waals surface area contributed by atoms with Gasteiger partial charge in [-0.1, -0.05) is 61.7 Å². The topological polar surface area (TPSA) is 78.4 Å². The zero-order chi connectivity index (χ0) is 19.1. The summed E-state index contributed by atoms with van der Waals surface area (Å²) in [6.45, 7) is 0.218. The normalized spacial score (nSPS) is 16.0. The van der Waals surface area contributed by atoms with Crippen LogP contribution in [0.5, 0.6) is 0 Å². The Labute approximate surface area is 160 Å². The number of carbonyl (C=O) groups excluding carboxylic acids is 2. The van der Waals surface area contributed by atoms with Crippen LogP contribution in [0.4, 0.5) is 0 Å². The van der Waals surface area contributed by atoms with Crippen LogP contribution >= 0.6 is 0 Å². The summed E-state index contributed by atoms with van der Waals surface area (Å²) in [6, 6.07) is 12.9. The maximum atomic E-state index is 12.3.